The van der Waals surface area contributed by atoms with Crippen molar-refractivity contribution in [1.29, 1.82) is 0 Å². The molecule has 0 amide bonds. The summed E-state index contributed by atoms with van der Waals surface area (Å²) in [4.78, 5) is 29.5. The van der Waals surface area contributed by atoms with E-state index in [2.05, 4.69) is 347 Å². The van der Waals surface area contributed by atoms with Crippen molar-refractivity contribution in [2.45, 2.75) is 28.0 Å². The van der Waals surface area contributed by atoms with Crippen molar-refractivity contribution < 1.29 is 29.7 Å². The first-order valence-corrected chi connectivity index (χ1v) is 43.2. The Labute approximate surface area is 739 Å². The van der Waals surface area contributed by atoms with Crippen LogP contribution < -0.4 is 0 Å². The molecule has 0 saturated heterocycles. The maximum Gasteiger partial charge on any atom is 0.164 e. The second-order valence-corrected chi connectivity index (χ2v) is 33.5. The minimum Gasteiger partial charge on any atom is -0.507 e. The quantitative estimate of drug-likeness (QED) is 0.137. The van der Waals surface area contributed by atoms with Crippen LogP contribution in [0.5, 0.6) is 11.5 Å². The maximum absolute atomic E-state index is 9.77. The van der Waals surface area contributed by atoms with Crippen LogP contribution in [0.3, 0.4) is 0 Å². The number of phenols is 2. The molecular formula is C111H76N8O2S2Zn. The average molecular weight is 1680 g/mol. The van der Waals surface area contributed by atoms with Gasteiger partial charge in [0.1, 0.15) is 21.6 Å². The molecule has 0 saturated carbocycles. The number of para-hydroxylation sites is 4. The third-order valence-electron chi connectivity index (χ3n) is 24.0. The Bertz CT molecular complexity index is 7300. The van der Waals surface area contributed by atoms with E-state index in [9.17, 15) is 10.2 Å². The largest absolute Gasteiger partial charge is 0.507 e. The first kappa shape index (κ1) is 76.9. The normalized spacial score (nSPS) is 16.0. The van der Waals surface area contributed by atoms with Crippen molar-refractivity contribution in [3.8, 4) is 102 Å². The van der Waals surface area contributed by atoms with E-state index >= 15 is 0 Å². The third-order valence-corrected chi connectivity index (χ3v) is 26.5. The van der Waals surface area contributed by atoms with Gasteiger partial charge in [-0.1, -0.05) is 369 Å². The molecular weight excluding hydrogens is 1610 g/mol. The molecule has 586 valence electrons. The van der Waals surface area contributed by atoms with Crippen LogP contribution in [0.2, 0.25) is 0 Å². The summed E-state index contributed by atoms with van der Waals surface area (Å²) >= 11 is 3.43. The number of nitrogens with zero attached hydrogens (tertiary/aromatic N) is 8. The average Bonchev–Trinajstić information content (AvgIpc) is 1.51. The number of hydrogen-bond acceptors (Lipinski definition) is 10. The number of allylic oxidation sites excluding steroid dienone is 4. The van der Waals surface area contributed by atoms with Gasteiger partial charge in [-0.3, -0.25) is 9.98 Å². The zero-order valence-electron chi connectivity index (χ0n) is 67.2. The van der Waals surface area contributed by atoms with E-state index in [1.165, 1.54) is 93.4 Å². The third kappa shape index (κ3) is 13.7. The molecule has 2 aliphatic heterocycles. The van der Waals surface area contributed by atoms with Crippen molar-refractivity contribution >= 4 is 88.0 Å². The molecule has 0 fully saturated rings. The Morgan fingerprint density at radius 1 is 0.274 bits per heavy atom. The molecule has 4 atom stereocenters. The van der Waals surface area contributed by atoms with Crippen molar-refractivity contribution in [2.24, 2.45) is 9.98 Å². The topological polar surface area (TPSA) is 127 Å². The Balaban J connectivity index is 0.000000112. The van der Waals surface area contributed by atoms with Gasteiger partial charge in [-0.25, -0.2) is 19.9 Å². The summed E-state index contributed by atoms with van der Waals surface area (Å²) in [6.45, 7) is 0. The monoisotopic (exact) mass is 1680 g/mol. The maximum atomic E-state index is 9.77. The zero-order chi connectivity index (χ0) is 81.9. The van der Waals surface area contributed by atoms with Crippen LogP contribution in [-0.2, 0) is 24.9 Å². The van der Waals surface area contributed by atoms with E-state index in [1.54, 1.807) is 35.7 Å². The van der Waals surface area contributed by atoms with Crippen LogP contribution in [0.4, 0.5) is 0 Å². The Hall–Kier alpha value is -14.5. The van der Waals surface area contributed by atoms with Gasteiger partial charge in [-0.2, -0.15) is 0 Å². The van der Waals surface area contributed by atoms with E-state index in [0.29, 0.717) is 39.5 Å². The Morgan fingerprint density at radius 3 is 1.20 bits per heavy atom. The summed E-state index contributed by atoms with van der Waals surface area (Å²) in [6.07, 6.45) is 16.7. The van der Waals surface area contributed by atoms with Gasteiger partial charge >= 0.3 is 0 Å². The smallest absolute Gasteiger partial charge is 0.164 e. The number of thioether (sulfide) groups is 2. The summed E-state index contributed by atoms with van der Waals surface area (Å²) in [6, 6.07) is 132. The molecule has 19 aromatic rings. The van der Waals surface area contributed by atoms with Gasteiger partial charge in [0.25, 0.3) is 0 Å². The summed E-state index contributed by atoms with van der Waals surface area (Å²) in [7, 11) is 0. The fourth-order valence-electron chi connectivity index (χ4n) is 18.5. The molecule has 25 rings (SSSR count). The van der Waals surface area contributed by atoms with Crippen LogP contribution >= 0.6 is 23.5 Å². The zero-order valence-corrected chi connectivity index (χ0v) is 71.8. The second kappa shape index (κ2) is 32.8. The van der Waals surface area contributed by atoms with Gasteiger partial charge in [0.15, 0.2) is 17.5 Å². The molecule has 0 bridgehead atoms. The standard InChI is InChI=1S/C45H29N3.C40H25N3.2C13H11NOS.Zn/c1-4-15-31(16-5-1)39-26-34(27-40(46-39)32-17-6-2-7-18-32)48-42-25-24-30-14-10-11-21-35(30)45(42)38-28-37-36-22-12-13-23-41(36)47(43(37)29-44(38)48)33-19-8-3-9-20-33;1-3-13-26(14-4-1)37-41-38(27-15-5-2-6-16-27)43-39(42-37)28-23-24-32-31-19-9-12-22-35(31)40(36(32)25-28)33-20-10-7-17-29(33)30-18-8-11-21-34(30)40;2*15-11-7-3-1-5-9(11)13-14-10-6-2-4-8-12(10)16-13;/h1-29H;1-25H;2*1-8,10,12,15H;. The number of pyridine rings is 1. The fraction of sp³-hybridized carbons (Fsp3) is 0.0450. The molecule has 6 aliphatic rings. The number of hydrogen-bond donors (Lipinski definition) is 2. The summed E-state index contributed by atoms with van der Waals surface area (Å²) in [5.41, 5.74) is 25.6. The predicted molar refractivity (Wildman–Crippen MR) is 510 cm³/mol. The molecule has 6 heterocycles. The molecule has 1 spiro atoms. The molecule has 4 aliphatic carbocycles. The predicted octanol–water partition coefficient (Wildman–Crippen LogP) is 26.5. The first-order valence-electron chi connectivity index (χ1n) is 41.5. The minimum atomic E-state index is -0.410. The van der Waals surface area contributed by atoms with E-state index in [4.69, 9.17) is 19.9 Å². The Morgan fingerprint density at radius 2 is 0.685 bits per heavy atom. The summed E-state index contributed by atoms with van der Waals surface area (Å²) < 4.78 is 4.85. The molecule has 4 aromatic heterocycles. The molecule has 0 radical (unpaired) electrons. The van der Waals surface area contributed by atoms with Crippen molar-refractivity contribution in [2.75, 3.05) is 0 Å². The summed E-state index contributed by atoms with van der Waals surface area (Å²) in [5.74, 6) is 2.61. The van der Waals surface area contributed by atoms with Crippen molar-refractivity contribution in [3.63, 3.8) is 0 Å². The van der Waals surface area contributed by atoms with Gasteiger partial charge in [0.2, 0.25) is 0 Å². The first-order chi connectivity index (χ1) is 60.8. The number of phenolic OH excluding ortho intramolecular Hbond substituents is 2. The van der Waals surface area contributed by atoms with E-state index < -0.39 is 5.41 Å². The molecule has 2 N–H and O–H groups in total. The van der Waals surface area contributed by atoms with E-state index in [-0.39, 0.29) is 31.6 Å². The Kier molecular flexibility index (Phi) is 20.4. The molecule has 124 heavy (non-hydrogen) atoms. The molecule has 10 nitrogen and oxygen atoms in total. The van der Waals surface area contributed by atoms with Gasteiger partial charge < -0.3 is 19.3 Å². The van der Waals surface area contributed by atoms with Gasteiger partial charge in [-0.15, -0.1) is 0 Å². The number of aliphatic imine (C=N–C) groups is 2. The van der Waals surface area contributed by atoms with Crippen LogP contribution in [0.1, 0.15) is 33.4 Å². The molecule has 13 heteroatoms. The minimum absolute atomic E-state index is 0. The molecule has 4 unspecified atom stereocenters. The van der Waals surface area contributed by atoms with Gasteiger partial charge in [-0.05, 0) is 134 Å². The van der Waals surface area contributed by atoms with Crippen LogP contribution in [-0.4, -0.2) is 72.0 Å². The van der Waals surface area contributed by atoms with Crippen LogP contribution in [0.25, 0.3) is 145 Å². The second-order valence-electron chi connectivity index (χ2n) is 31.2. The number of benzene rings is 15. The number of aromatic hydroxyl groups is 2. The number of fused-ring (bicyclic) bond motifs is 20. The van der Waals surface area contributed by atoms with Crippen LogP contribution in [0.15, 0.2) is 435 Å². The SMILES string of the molecule is Oc1ccccc1C1=NC2C=CC=CC2S1.Oc1ccccc1C1=NC2C=CC=CC2S1.[Zn].c1ccc(-c2cc(-n3c4cc5c(cc4c4c6ccccc6ccc43)c3ccccc3n5-c3ccccc3)cc(-c3ccccc3)n2)cc1.c1ccc(-c2nc(-c3ccccc3)nc(-c3ccc4c(c3)C3(c5ccccc5-c5ccccc53)c3ccccc3-4)n2)cc1. The number of rotatable bonds is 9. The summed E-state index contributed by atoms with van der Waals surface area (Å²) in [5, 5.41) is 29.7. The fourth-order valence-corrected chi connectivity index (χ4v) is 20.9. The number of aromatic nitrogens is 6. The van der Waals surface area contributed by atoms with Gasteiger partial charge in [0.05, 0.1) is 67.1 Å². The van der Waals surface area contributed by atoms with Gasteiger partial charge in [0, 0.05) is 85.7 Å². The van der Waals surface area contributed by atoms with Crippen molar-refractivity contribution in [3.05, 3.63) is 458 Å². The van der Waals surface area contributed by atoms with Crippen molar-refractivity contribution in [1.82, 2.24) is 29.1 Å². The molecule has 15 aromatic carbocycles. The van der Waals surface area contributed by atoms with Crippen LogP contribution in [0, 0.1) is 0 Å². The van der Waals surface area contributed by atoms with E-state index in [1.807, 2.05) is 84.9 Å². The van der Waals surface area contributed by atoms with E-state index in [0.717, 1.165) is 77.3 Å².